The maximum absolute atomic E-state index is 4.63. The summed E-state index contributed by atoms with van der Waals surface area (Å²) in [6.07, 6.45) is 7.65. The summed E-state index contributed by atoms with van der Waals surface area (Å²) in [5.41, 5.74) is 5.56. The van der Waals surface area contributed by atoms with E-state index in [2.05, 4.69) is 51.0 Å². The summed E-state index contributed by atoms with van der Waals surface area (Å²) in [5, 5.41) is 0. The minimum atomic E-state index is 0.528. The van der Waals surface area contributed by atoms with Gasteiger partial charge in [-0.05, 0) is 34.9 Å². The highest BCUT2D eigenvalue weighted by atomic mass is 14.7. The molecule has 1 aliphatic rings. The fourth-order valence-electron chi connectivity index (χ4n) is 2.26. The molecule has 0 aliphatic heterocycles. The first-order valence-corrected chi connectivity index (χ1v) is 5.79. The Bertz CT molecular complexity index is 400. The first-order chi connectivity index (χ1) is 7.11. The van der Waals surface area contributed by atoms with E-state index >= 15 is 0 Å². The summed E-state index contributed by atoms with van der Waals surface area (Å²) in [5.74, 6) is 1.09. The van der Waals surface area contributed by atoms with Crippen molar-refractivity contribution >= 4 is 6.08 Å². The number of aromatic nitrogens is 1. The highest BCUT2D eigenvalue weighted by molar-refractivity contribution is 5.64. The molecule has 0 fully saturated rings. The zero-order valence-electron chi connectivity index (χ0n) is 10.0. The fourth-order valence-corrected chi connectivity index (χ4v) is 2.26. The number of hydrogen-bond acceptors (Lipinski definition) is 1. The first-order valence-electron chi connectivity index (χ1n) is 5.79. The van der Waals surface area contributed by atoms with E-state index in [4.69, 9.17) is 0 Å². The molecule has 0 saturated heterocycles. The van der Waals surface area contributed by atoms with Gasteiger partial charge in [0.15, 0.2) is 0 Å². The summed E-state index contributed by atoms with van der Waals surface area (Å²) < 4.78 is 0. The second-order valence-corrected chi connectivity index (χ2v) is 4.91. The molecule has 0 atom stereocenters. The molecule has 0 radical (unpaired) electrons. The van der Waals surface area contributed by atoms with Gasteiger partial charge in [0.25, 0.3) is 0 Å². The van der Waals surface area contributed by atoms with Crippen LogP contribution in [0.3, 0.4) is 0 Å². The second-order valence-electron chi connectivity index (χ2n) is 4.91. The zero-order valence-corrected chi connectivity index (χ0v) is 10.0. The van der Waals surface area contributed by atoms with Gasteiger partial charge in [-0.2, -0.15) is 0 Å². The fraction of sp³-hybridized carbons (Fsp3) is 0.500. The highest BCUT2D eigenvalue weighted by Crippen LogP contribution is 2.32. The van der Waals surface area contributed by atoms with Gasteiger partial charge in [0.1, 0.15) is 0 Å². The molecule has 0 N–H and O–H groups in total. The average molecular weight is 201 g/mol. The lowest BCUT2D eigenvalue weighted by atomic mass is 9.93. The van der Waals surface area contributed by atoms with Crippen molar-refractivity contribution in [3.63, 3.8) is 0 Å². The largest absolute Gasteiger partial charge is 0.260 e. The minimum absolute atomic E-state index is 0.528. The van der Waals surface area contributed by atoms with Crippen LogP contribution in [0.1, 0.15) is 61.9 Å². The minimum Gasteiger partial charge on any atom is -0.260 e. The van der Waals surface area contributed by atoms with Crippen molar-refractivity contribution in [2.45, 2.75) is 46.0 Å². The molecule has 2 rings (SSSR count). The molecule has 1 aromatic heterocycles. The topological polar surface area (TPSA) is 12.9 Å². The van der Waals surface area contributed by atoms with Crippen LogP contribution in [0.2, 0.25) is 0 Å². The monoisotopic (exact) mass is 201 g/mol. The maximum atomic E-state index is 4.63. The Balaban J connectivity index is 2.57. The molecular weight excluding hydrogens is 182 g/mol. The van der Waals surface area contributed by atoms with Crippen LogP contribution in [0.15, 0.2) is 12.3 Å². The Morgan fingerprint density at radius 2 is 1.87 bits per heavy atom. The third kappa shape index (κ3) is 1.71. The quantitative estimate of drug-likeness (QED) is 0.707. The lowest BCUT2D eigenvalue weighted by molar-refractivity contribution is 0.786. The standard InChI is InChI=1S/C14H19N/c1-9(2)13-8-15-14(10(3)4)12-7-5-6-11(12)13/h5-6,8-10H,7H2,1-4H3. The van der Waals surface area contributed by atoms with E-state index in [-0.39, 0.29) is 0 Å². The molecule has 0 spiro atoms. The van der Waals surface area contributed by atoms with Crippen LogP contribution in [-0.4, -0.2) is 4.98 Å². The van der Waals surface area contributed by atoms with E-state index in [1.165, 1.54) is 22.4 Å². The lowest BCUT2D eigenvalue weighted by Crippen LogP contribution is -2.04. The van der Waals surface area contributed by atoms with E-state index in [1.54, 1.807) is 0 Å². The maximum Gasteiger partial charge on any atom is 0.0470 e. The van der Waals surface area contributed by atoms with Crippen LogP contribution in [0.4, 0.5) is 0 Å². The number of allylic oxidation sites excluding steroid dienone is 1. The molecule has 1 aliphatic carbocycles. The molecule has 0 saturated carbocycles. The molecule has 1 heterocycles. The molecular formula is C14H19N. The Morgan fingerprint density at radius 3 is 2.47 bits per heavy atom. The molecule has 0 amide bonds. The third-order valence-electron chi connectivity index (χ3n) is 3.06. The molecule has 0 bridgehead atoms. The second kappa shape index (κ2) is 3.80. The number of hydrogen-bond donors (Lipinski definition) is 0. The predicted molar refractivity (Wildman–Crippen MR) is 65.2 cm³/mol. The molecule has 1 aromatic rings. The van der Waals surface area contributed by atoms with Gasteiger partial charge in [-0.15, -0.1) is 0 Å². The van der Waals surface area contributed by atoms with E-state index in [0.717, 1.165) is 6.42 Å². The SMILES string of the molecule is CC(C)c1cnc(C(C)C)c2c1C=CC2. The van der Waals surface area contributed by atoms with Crippen LogP contribution in [-0.2, 0) is 6.42 Å². The molecule has 0 aromatic carbocycles. The van der Waals surface area contributed by atoms with Gasteiger partial charge in [-0.25, -0.2) is 0 Å². The van der Waals surface area contributed by atoms with E-state index in [1.807, 2.05) is 0 Å². The predicted octanol–water partition coefficient (Wildman–Crippen LogP) is 3.90. The zero-order chi connectivity index (χ0) is 11.0. The summed E-state index contributed by atoms with van der Waals surface area (Å²) >= 11 is 0. The average Bonchev–Trinajstić information content (AvgIpc) is 2.63. The van der Waals surface area contributed by atoms with E-state index < -0.39 is 0 Å². The van der Waals surface area contributed by atoms with Gasteiger partial charge in [0.05, 0.1) is 0 Å². The van der Waals surface area contributed by atoms with Crippen LogP contribution >= 0.6 is 0 Å². The van der Waals surface area contributed by atoms with Gasteiger partial charge < -0.3 is 0 Å². The normalized spacial score (nSPS) is 14.0. The van der Waals surface area contributed by atoms with Gasteiger partial charge in [-0.3, -0.25) is 4.98 Å². The molecule has 1 heteroatoms. The number of pyridine rings is 1. The number of fused-ring (bicyclic) bond motifs is 1. The van der Waals surface area contributed by atoms with Crippen LogP contribution in [0.25, 0.3) is 6.08 Å². The van der Waals surface area contributed by atoms with Crippen molar-refractivity contribution in [2.75, 3.05) is 0 Å². The van der Waals surface area contributed by atoms with Gasteiger partial charge in [0.2, 0.25) is 0 Å². The lowest BCUT2D eigenvalue weighted by Gasteiger charge is -2.16. The van der Waals surface area contributed by atoms with Crippen molar-refractivity contribution in [2.24, 2.45) is 0 Å². The van der Waals surface area contributed by atoms with Gasteiger partial charge in [-0.1, -0.05) is 39.8 Å². The Labute approximate surface area is 92.2 Å². The smallest absolute Gasteiger partial charge is 0.0470 e. The number of nitrogens with zero attached hydrogens (tertiary/aromatic N) is 1. The van der Waals surface area contributed by atoms with Gasteiger partial charge >= 0.3 is 0 Å². The Kier molecular flexibility index (Phi) is 2.64. The van der Waals surface area contributed by atoms with E-state index in [0.29, 0.717) is 11.8 Å². The summed E-state index contributed by atoms with van der Waals surface area (Å²) in [6, 6.07) is 0. The Hall–Kier alpha value is -1.11. The Morgan fingerprint density at radius 1 is 1.13 bits per heavy atom. The summed E-state index contributed by atoms with van der Waals surface area (Å²) in [6.45, 7) is 8.91. The highest BCUT2D eigenvalue weighted by Gasteiger charge is 2.18. The molecule has 1 nitrogen and oxygen atoms in total. The first kappa shape index (κ1) is 10.4. The van der Waals surface area contributed by atoms with Gasteiger partial charge in [0, 0.05) is 11.9 Å². The van der Waals surface area contributed by atoms with Crippen molar-refractivity contribution in [3.05, 3.63) is 34.7 Å². The van der Waals surface area contributed by atoms with Crippen LogP contribution in [0.5, 0.6) is 0 Å². The van der Waals surface area contributed by atoms with Crippen molar-refractivity contribution in [3.8, 4) is 0 Å². The molecule has 0 unspecified atom stereocenters. The van der Waals surface area contributed by atoms with Crippen molar-refractivity contribution in [1.29, 1.82) is 0 Å². The third-order valence-corrected chi connectivity index (χ3v) is 3.06. The van der Waals surface area contributed by atoms with Crippen LogP contribution in [0, 0.1) is 0 Å². The number of rotatable bonds is 2. The summed E-state index contributed by atoms with van der Waals surface area (Å²) in [7, 11) is 0. The molecule has 15 heavy (non-hydrogen) atoms. The summed E-state index contributed by atoms with van der Waals surface area (Å²) in [4.78, 5) is 4.63. The van der Waals surface area contributed by atoms with Crippen molar-refractivity contribution in [1.82, 2.24) is 4.98 Å². The molecule has 80 valence electrons. The van der Waals surface area contributed by atoms with Crippen LogP contribution < -0.4 is 0 Å². The van der Waals surface area contributed by atoms with Crippen molar-refractivity contribution < 1.29 is 0 Å². The van der Waals surface area contributed by atoms with E-state index in [9.17, 15) is 0 Å².